The van der Waals surface area contributed by atoms with E-state index in [2.05, 4.69) is 82.2 Å². The summed E-state index contributed by atoms with van der Waals surface area (Å²) in [5.74, 6) is 31.6. The van der Waals surface area contributed by atoms with Gasteiger partial charge < -0.3 is 39.4 Å². The second-order valence-electron chi connectivity index (χ2n) is 61.6. The highest BCUT2D eigenvalue weighted by molar-refractivity contribution is 5.80. The zero-order valence-corrected chi connectivity index (χ0v) is 95.4. The Hall–Kier alpha value is -1.51. The molecule has 3 radical (unpaired) electrons. The lowest BCUT2D eigenvalue weighted by Crippen LogP contribution is -2.52. The number of ether oxygens (including phenoxy) is 4. The van der Waals surface area contributed by atoms with Crippen molar-refractivity contribution in [2.45, 2.75) is 513 Å². The third kappa shape index (κ3) is 20.8. The Labute approximate surface area is 889 Å². The van der Waals surface area contributed by atoms with Crippen molar-refractivity contribution in [2.75, 3.05) is 40.1 Å². The second-order valence-corrected chi connectivity index (χ2v) is 61.6. The highest BCUT2D eigenvalue weighted by Crippen LogP contribution is 2.74. The molecule has 3 heterocycles. The topological polar surface area (TPSA) is 176 Å². The van der Waals surface area contributed by atoms with Gasteiger partial charge in [-0.05, 0) is 627 Å². The molecule has 821 valence electrons. The summed E-state index contributed by atoms with van der Waals surface area (Å²) < 4.78 is 21.9. The summed E-state index contributed by atoms with van der Waals surface area (Å²) >= 11 is 0. The molecule has 0 aromatic carbocycles. The van der Waals surface area contributed by atoms with E-state index in [1.807, 2.05) is 40.2 Å². The molecule has 2 spiro atoms. The summed E-state index contributed by atoms with van der Waals surface area (Å²) in [6.07, 6.45) is 77.3. The first-order valence-corrected chi connectivity index (χ1v) is 63.5. The fraction of sp³-hybridized carbons (Fsp3) is 0.962. The van der Waals surface area contributed by atoms with Gasteiger partial charge in [0, 0.05) is 53.4 Å². The van der Waals surface area contributed by atoms with Crippen LogP contribution in [0.25, 0.3) is 0 Å². The Bertz CT molecular complexity index is 4320. The molecule has 11 nitrogen and oxygen atoms in total. The van der Waals surface area contributed by atoms with Crippen LogP contribution >= 0.6 is 0 Å². The normalized spacial score (nSPS) is 52.6. The summed E-state index contributed by atoms with van der Waals surface area (Å²) in [6.45, 7) is 41.7. The van der Waals surface area contributed by atoms with Gasteiger partial charge in [-0.25, -0.2) is 0 Å². The summed E-state index contributed by atoms with van der Waals surface area (Å²) in [5.41, 5.74) is 5.57. The molecule has 3 aliphatic heterocycles. The summed E-state index contributed by atoms with van der Waals surface area (Å²) in [5, 5.41) is 41.6. The van der Waals surface area contributed by atoms with Gasteiger partial charge in [0.05, 0.1) is 54.9 Å². The number of fused-ring (bicyclic) bond motifs is 30. The first kappa shape index (κ1) is 112. The maximum absolute atomic E-state index is 12.2. The summed E-state index contributed by atoms with van der Waals surface area (Å²) in [6, 6.07) is 0. The van der Waals surface area contributed by atoms with Gasteiger partial charge in [0.25, 0.3) is 0 Å². The first-order valence-electron chi connectivity index (χ1n) is 63.5. The molecule has 3 saturated heterocycles. The average molecular weight is 2010 g/mol. The smallest absolute Gasteiger partial charge is 0.133 e. The number of carbonyl (C=O) groups is 3. The van der Waals surface area contributed by atoms with E-state index in [9.17, 15) is 34.8 Å². The monoisotopic (exact) mass is 2000 g/mol. The second kappa shape index (κ2) is 43.4. The van der Waals surface area contributed by atoms with Crippen molar-refractivity contribution in [1.82, 2.24) is 0 Å². The van der Waals surface area contributed by atoms with Crippen molar-refractivity contribution in [3.63, 3.8) is 0 Å². The number of methoxy groups -OCH3 is 1. The Balaban J connectivity index is 0.000000109. The van der Waals surface area contributed by atoms with E-state index in [-0.39, 0.29) is 39.6 Å². The van der Waals surface area contributed by atoms with Crippen LogP contribution in [0.3, 0.4) is 0 Å². The van der Waals surface area contributed by atoms with Crippen LogP contribution in [0, 0.1) is 250 Å². The fourth-order valence-corrected chi connectivity index (χ4v) is 47.9. The number of allylic oxidation sites excluding steroid dienone is 2. The molecule has 24 saturated carbocycles. The van der Waals surface area contributed by atoms with Gasteiger partial charge in [0.1, 0.15) is 17.3 Å². The standard InChI is InChI=1S/C22H36O3.C22H38O.C22H36.C21H34O2.C21H32O2.C20H32O2.C4H8O.CH4.B/c1-14(23)19-6-7-20-18-5-4-15-12-22(24,13-25-3)11-9-16(15)17(18)8-10-21(19,20)2;1-14(23)19-7-8-20-18-6-5-15-13-21(2,3)11-9-16(15)17(18)10-12-22(19,20)4;1-5-16-7-9-20-19-8-6-15-14-21(2,3)12-10-17(15)18(19)11-13-22(16,20)4;2*1-13(22)18-5-6-19-17-4-3-14-11-21(12-23-21)10-8-15(14)16(17)7-9-20(18,19)2;1-12(21)18-7-8-19-17-5-3-13-11-14(22)4-6-15(13)16(17)9-10-20(18,19)2;1-2-4-5-3-1;;/h15-20,24H,4-13H2,1-3H3;14-20,23H,5-13H2,1-4H3;5,15,17-20H,6-14H2,1-4H3;13-19,22H,3-12H2,1-2H3;14-19H,3-12H2,1-2H3;12-13,15-19,21H,3-11H2,1-2H3;1-4H2;1H4;/t15-,16+,17-,18-,19-,20+,21-,22?;14?,15-,16+,17-,18-,19-,20+,22-;15-,17+,18-,19-,20+,22-;13?,14-,15+,16-,17-,18-,19+,20-,21?;14-,15+,16-,17-,18-,19+,20-,21?;12?,13-,15+,16-,17-,18-,19+,20-;;;/m111111.../s1. The minimum Gasteiger partial charge on any atom is -0.393 e. The number of ketones is 3. The molecular formula is C133H220BO11. The van der Waals surface area contributed by atoms with Crippen molar-refractivity contribution in [3.8, 4) is 0 Å². The highest BCUT2D eigenvalue weighted by Gasteiger charge is 2.68. The molecule has 27 fully saturated rings. The zero-order chi connectivity index (χ0) is 100. The molecule has 47 atom stereocenters. The van der Waals surface area contributed by atoms with Gasteiger partial charge in [-0.3, -0.25) is 14.4 Å². The van der Waals surface area contributed by atoms with Crippen LogP contribution in [0.4, 0.5) is 0 Å². The number of Topliss-reactive ketones (excluding diaryl/α,β-unsaturated/α-hetero) is 3. The predicted octanol–water partition coefficient (Wildman–Crippen LogP) is 30.8. The number of hydrogen-bond acceptors (Lipinski definition) is 11. The van der Waals surface area contributed by atoms with Crippen molar-refractivity contribution < 1.29 is 53.8 Å². The number of carbonyl (C=O) groups excluding carboxylic acids is 3. The van der Waals surface area contributed by atoms with Crippen molar-refractivity contribution in [2.24, 2.45) is 250 Å². The molecule has 12 heteroatoms. The van der Waals surface area contributed by atoms with Gasteiger partial charge in [-0.1, -0.05) is 88.3 Å². The van der Waals surface area contributed by atoms with Gasteiger partial charge in [-0.2, -0.15) is 0 Å². The predicted molar refractivity (Wildman–Crippen MR) is 590 cm³/mol. The Morgan fingerprint density at radius 2 is 0.662 bits per heavy atom. The quantitative estimate of drug-likeness (QED) is 0.108. The van der Waals surface area contributed by atoms with Crippen LogP contribution in [-0.2, 0) is 33.3 Å². The Morgan fingerprint density at radius 1 is 0.352 bits per heavy atom. The molecule has 4 N–H and O–H groups in total. The maximum atomic E-state index is 12.2. The van der Waals surface area contributed by atoms with E-state index in [0.29, 0.717) is 114 Å². The van der Waals surface area contributed by atoms with E-state index < -0.39 is 5.60 Å². The molecule has 27 aliphatic rings. The lowest BCUT2D eigenvalue weighted by molar-refractivity contribution is -0.134. The Kier molecular flexibility index (Phi) is 33.4. The van der Waals surface area contributed by atoms with Crippen LogP contribution in [0.2, 0.25) is 0 Å². The molecule has 0 aromatic heterocycles. The average Bonchev–Trinajstić information content (AvgIpc) is 1.57. The number of aliphatic hydroxyl groups is 4. The number of epoxide rings is 2. The van der Waals surface area contributed by atoms with Crippen molar-refractivity contribution >= 4 is 25.8 Å². The molecule has 27 rings (SSSR count). The lowest BCUT2D eigenvalue weighted by atomic mass is 9.48. The Morgan fingerprint density at radius 3 is 1.01 bits per heavy atom. The van der Waals surface area contributed by atoms with E-state index in [1.54, 1.807) is 26.4 Å². The van der Waals surface area contributed by atoms with Gasteiger partial charge in [0.2, 0.25) is 0 Å². The van der Waals surface area contributed by atoms with Crippen molar-refractivity contribution in [1.29, 1.82) is 0 Å². The van der Waals surface area contributed by atoms with E-state index >= 15 is 0 Å². The minimum absolute atomic E-state index is 0. The SMILES string of the molecule is C.C1CCOC1.CC(=O)[C@H]1CC[C@H]2[C@@H]3CC[C@@H]4CC5(CC[C@@H]4[C@H]3CC[C@]12C)CO5.CC(O)[C@H]1CC[C@H]2[C@@H]3CC[C@@H]4CC(=O)CC[C@@H]4[C@H]3CC[C@]12C.CC(O)[C@H]1CC[C@H]2[C@@H]3CC[C@@H]4CC(C)(C)CC[C@@H]4[C@H]3CC[C@]12C.CC(O)[C@H]1CC[C@H]2[C@@H]3CC[C@@H]4CC5(CC[C@@H]4[C@H]3CC[C@]12C)CO5.CC=C1CC[C@H]2[C@@H]3CC[C@@H]4CC(C)(C)CC[C@@H]4[C@H]3CC[C@]12C.COCC1(O)CC[C@H]2[C@H](CC[C@@H]3[C@@H]2CC[C@]2(C)[C@@H](C(C)=O)CC[C@@H]32)C1.[B]. The minimum atomic E-state index is -0.584. The van der Waals surface area contributed by atoms with Crippen molar-refractivity contribution in [3.05, 3.63) is 11.6 Å². The summed E-state index contributed by atoms with van der Waals surface area (Å²) in [7, 11) is 1.70. The van der Waals surface area contributed by atoms with Gasteiger partial charge in [-0.15, -0.1) is 0 Å². The molecular weight excluding hydrogens is 1780 g/mol. The third-order valence-corrected chi connectivity index (χ3v) is 54.5. The molecule has 24 aliphatic carbocycles. The van der Waals surface area contributed by atoms with E-state index in [0.717, 1.165) is 224 Å². The number of rotatable bonds is 7. The lowest BCUT2D eigenvalue weighted by Gasteiger charge is -2.57. The molecule has 6 unspecified atom stereocenters. The number of aliphatic hydroxyl groups excluding tert-OH is 3. The molecule has 0 amide bonds. The van der Waals surface area contributed by atoms with E-state index in [4.69, 9.17) is 18.9 Å². The molecule has 0 aromatic rings. The van der Waals surface area contributed by atoms with Crippen LogP contribution in [0.5, 0.6) is 0 Å². The van der Waals surface area contributed by atoms with E-state index in [1.165, 1.54) is 308 Å². The van der Waals surface area contributed by atoms with Crippen LogP contribution in [-0.4, -0.2) is 121 Å². The molecule has 0 bridgehead atoms. The number of hydrogen-bond donors (Lipinski definition) is 4. The highest BCUT2D eigenvalue weighted by atomic mass is 16.6. The van der Waals surface area contributed by atoms with Crippen LogP contribution in [0.15, 0.2) is 11.6 Å². The first-order chi connectivity index (χ1) is 68.2. The van der Waals surface area contributed by atoms with Crippen LogP contribution < -0.4 is 0 Å². The zero-order valence-electron chi connectivity index (χ0n) is 95.4. The maximum Gasteiger partial charge on any atom is 0.133 e. The third-order valence-electron chi connectivity index (χ3n) is 54.5. The van der Waals surface area contributed by atoms with Gasteiger partial charge >= 0.3 is 0 Å². The summed E-state index contributed by atoms with van der Waals surface area (Å²) in [4.78, 5) is 36.1. The molecule has 145 heavy (non-hydrogen) atoms. The van der Waals surface area contributed by atoms with Crippen LogP contribution in [0.1, 0.15) is 478 Å². The largest absolute Gasteiger partial charge is 0.393 e. The van der Waals surface area contributed by atoms with Gasteiger partial charge in [0.15, 0.2) is 0 Å². The fourth-order valence-electron chi connectivity index (χ4n) is 47.9.